The number of nitrogens with two attached hydrogens (primary N) is 1. The standard InChI is InChI=1S/C10H13N3O/c11-13-8-1-2-9-7(5-8)3-4-12-10(9)6-14/h1-2,5-6,10,12-13H,3-4,11H2. The van der Waals surface area contributed by atoms with Crippen molar-refractivity contribution in [3.63, 3.8) is 0 Å². The van der Waals surface area contributed by atoms with Crippen molar-refractivity contribution in [3.8, 4) is 0 Å². The maximum Gasteiger partial charge on any atom is 0.141 e. The van der Waals surface area contributed by atoms with Gasteiger partial charge in [0.25, 0.3) is 0 Å². The maximum atomic E-state index is 10.8. The number of hydrogen-bond donors (Lipinski definition) is 3. The van der Waals surface area contributed by atoms with Crippen molar-refractivity contribution >= 4 is 12.0 Å². The average molecular weight is 191 g/mol. The van der Waals surface area contributed by atoms with Gasteiger partial charge in [-0.25, -0.2) is 0 Å². The lowest BCUT2D eigenvalue weighted by Gasteiger charge is -2.23. The number of nitrogens with one attached hydrogen (secondary N) is 2. The molecule has 4 heteroatoms. The first-order chi connectivity index (χ1) is 6.85. The van der Waals surface area contributed by atoms with E-state index in [4.69, 9.17) is 5.84 Å². The number of carbonyl (C=O) groups excluding carboxylic acids is 1. The lowest BCUT2D eigenvalue weighted by molar-refractivity contribution is -0.109. The van der Waals surface area contributed by atoms with E-state index >= 15 is 0 Å². The summed E-state index contributed by atoms with van der Waals surface area (Å²) < 4.78 is 0. The molecule has 0 amide bonds. The van der Waals surface area contributed by atoms with Gasteiger partial charge in [0.2, 0.25) is 0 Å². The number of rotatable bonds is 2. The molecular weight excluding hydrogens is 178 g/mol. The summed E-state index contributed by atoms with van der Waals surface area (Å²) in [6.07, 6.45) is 1.88. The van der Waals surface area contributed by atoms with E-state index in [0.29, 0.717) is 0 Å². The Morgan fingerprint density at radius 1 is 1.57 bits per heavy atom. The fourth-order valence-electron chi connectivity index (χ4n) is 1.81. The lowest BCUT2D eigenvalue weighted by Crippen LogP contribution is -2.30. The summed E-state index contributed by atoms with van der Waals surface area (Å²) in [5, 5.41) is 3.14. The van der Waals surface area contributed by atoms with Crippen LogP contribution in [0, 0.1) is 0 Å². The van der Waals surface area contributed by atoms with Gasteiger partial charge in [-0.3, -0.25) is 5.84 Å². The average Bonchev–Trinajstić information content (AvgIpc) is 2.27. The quantitative estimate of drug-likeness (QED) is 0.358. The van der Waals surface area contributed by atoms with Crippen LogP contribution in [0.4, 0.5) is 5.69 Å². The number of hydrazine groups is 1. The first kappa shape index (κ1) is 9.18. The molecule has 4 N–H and O–H groups in total. The minimum atomic E-state index is -0.162. The van der Waals surface area contributed by atoms with Crippen LogP contribution in [-0.2, 0) is 11.2 Å². The smallest absolute Gasteiger partial charge is 0.141 e. The number of aldehydes is 1. The molecule has 0 aliphatic carbocycles. The third kappa shape index (κ3) is 1.49. The van der Waals surface area contributed by atoms with Crippen LogP contribution in [0.1, 0.15) is 17.2 Å². The molecule has 1 aliphatic heterocycles. The van der Waals surface area contributed by atoms with Gasteiger partial charge in [0, 0.05) is 12.2 Å². The van der Waals surface area contributed by atoms with E-state index < -0.39 is 0 Å². The molecule has 0 bridgehead atoms. The first-order valence-electron chi connectivity index (χ1n) is 4.63. The summed E-state index contributed by atoms with van der Waals surface area (Å²) in [6.45, 7) is 0.838. The normalized spacial score (nSPS) is 19.9. The van der Waals surface area contributed by atoms with Crippen LogP contribution >= 0.6 is 0 Å². The molecule has 1 heterocycles. The topological polar surface area (TPSA) is 67.2 Å². The molecule has 1 unspecified atom stereocenters. The Hall–Kier alpha value is -1.39. The molecule has 0 aromatic heterocycles. The number of benzene rings is 1. The van der Waals surface area contributed by atoms with Crippen molar-refractivity contribution in [2.75, 3.05) is 12.0 Å². The van der Waals surface area contributed by atoms with Gasteiger partial charge in [-0.2, -0.15) is 0 Å². The van der Waals surface area contributed by atoms with E-state index in [-0.39, 0.29) is 6.04 Å². The van der Waals surface area contributed by atoms with Gasteiger partial charge >= 0.3 is 0 Å². The monoisotopic (exact) mass is 191 g/mol. The van der Waals surface area contributed by atoms with Crippen LogP contribution in [0.3, 0.4) is 0 Å². The predicted octanol–water partition coefficient (Wildman–Crippen LogP) is 0.358. The number of carbonyl (C=O) groups is 1. The van der Waals surface area contributed by atoms with Gasteiger partial charge in [-0.15, -0.1) is 0 Å². The van der Waals surface area contributed by atoms with Crippen molar-refractivity contribution in [1.29, 1.82) is 0 Å². The number of hydrogen-bond acceptors (Lipinski definition) is 4. The Kier molecular flexibility index (Phi) is 2.47. The summed E-state index contributed by atoms with van der Waals surface area (Å²) in [7, 11) is 0. The fourth-order valence-corrected chi connectivity index (χ4v) is 1.81. The molecule has 2 rings (SSSR count). The molecule has 1 aliphatic rings. The second-order valence-corrected chi connectivity index (χ2v) is 3.38. The fraction of sp³-hybridized carbons (Fsp3) is 0.300. The van der Waals surface area contributed by atoms with Gasteiger partial charge in [-0.1, -0.05) is 6.07 Å². The molecule has 1 aromatic rings. The van der Waals surface area contributed by atoms with E-state index in [9.17, 15) is 4.79 Å². The molecule has 1 atom stereocenters. The van der Waals surface area contributed by atoms with Gasteiger partial charge < -0.3 is 15.5 Å². The molecule has 74 valence electrons. The summed E-state index contributed by atoms with van der Waals surface area (Å²) in [5.74, 6) is 5.31. The van der Waals surface area contributed by atoms with Crippen molar-refractivity contribution in [2.45, 2.75) is 12.5 Å². The van der Waals surface area contributed by atoms with Crippen LogP contribution in [-0.4, -0.2) is 12.8 Å². The van der Waals surface area contributed by atoms with Crippen LogP contribution in [0.5, 0.6) is 0 Å². The van der Waals surface area contributed by atoms with E-state index in [0.717, 1.165) is 30.5 Å². The van der Waals surface area contributed by atoms with Gasteiger partial charge in [-0.05, 0) is 29.7 Å². The largest absolute Gasteiger partial charge is 0.324 e. The maximum absolute atomic E-state index is 10.8. The number of nitrogen functional groups attached to an aromatic ring is 1. The molecule has 4 nitrogen and oxygen atoms in total. The Morgan fingerprint density at radius 3 is 3.14 bits per heavy atom. The Bertz CT molecular complexity index is 351. The molecule has 0 spiro atoms. The molecule has 0 saturated carbocycles. The zero-order valence-corrected chi connectivity index (χ0v) is 7.79. The van der Waals surface area contributed by atoms with Crippen molar-refractivity contribution in [2.24, 2.45) is 5.84 Å². The van der Waals surface area contributed by atoms with Crippen LogP contribution in [0.15, 0.2) is 18.2 Å². The lowest BCUT2D eigenvalue weighted by atomic mass is 9.94. The minimum absolute atomic E-state index is 0.162. The molecule has 0 saturated heterocycles. The first-order valence-corrected chi connectivity index (χ1v) is 4.63. The zero-order valence-electron chi connectivity index (χ0n) is 7.79. The number of anilines is 1. The van der Waals surface area contributed by atoms with Gasteiger partial charge in [0.15, 0.2) is 0 Å². The third-order valence-electron chi connectivity index (χ3n) is 2.54. The predicted molar refractivity (Wildman–Crippen MR) is 54.8 cm³/mol. The minimum Gasteiger partial charge on any atom is -0.324 e. The molecule has 1 aromatic carbocycles. The Balaban J connectivity index is 2.40. The zero-order chi connectivity index (χ0) is 9.97. The summed E-state index contributed by atoms with van der Waals surface area (Å²) in [6, 6.07) is 5.65. The Labute approximate surface area is 82.5 Å². The molecule has 0 fully saturated rings. The van der Waals surface area contributed by atoms with Crippen LogP contribution in [0.25, 0.3) is 0 Å². The number of fused-ring (bicyclic) bond motifs is 1. The molecule has 0 radical (unpaired) electrons. The van der Waals surface area contributed by atoms with Crippen molar-refractivity contribution in [1.82, 2.24) is 5.32 Å². The summed E-state index contributed by atoms with van der Waals surface area (Å²) in [4.78, 5) is 10.8. The highest BCUT2D eigenvalue weighted by Crippen LogP contribution is 2.24. The second kappa shape index (κ2) is 3.77. The Morgan fingerprint density at radius 2 is 2.43 bits per heavy atom. The molecule has 14 heavy (non-hydrogen) atoms. The SMILES string of the molecule is NNc1ccc2c(c1)CCNC2C=O. The van der Waals surface area contributed by atoms with Gasteiger partial charge in [0.05, 0.1) is 6.04 Å². The van der Waals surface area contributed by atoms with E-state index in [1.807, 2.05) is 18.2 Å². The molecular formula is C10H13N3O. The highest BCUT2D eigenvalue weighted by Gasteiger charge is 2.18. The van der Waals surface area contributed by atoms with Crippen molar-refractivity contribution in [3.05, 3.63) is 29.3 Å². The highest BCUT2D eigenvalue weighted by atomic mass is 16.1. The second-order valence-electron chi connectivity index (χ2n) is 3.38. The summed E-state index contributed by atoms with van der Waals surface area (Å²) in [5.41, 5.74) is 5.74. The van der Waals surface area contributed by atoms with Gasteiger partial charge in [0.1, 0.15) is 6.29 Å². The van der Waals surface area contributed by atoms with E-state index in [1.165, 1.54) is 5.56 Å². The highest BCUT2D eigenvalue weighted by molar-refractivity contribution is 5.65. The van der Waals surface area contributed by atoms with Crippen LogP contribution < -0.4 is 16.6 Å². The van der Waals surface area contributed by atoms with E-state index in [1.54, 1.807) is 0 Å². The summed E-state index contributed by atoms with van der Waals surface area (Å²) >= 11 is 0. The third-order valence-corrected chi connectivity index (χ3v) is 2.54. The van der Waals surface area contributed by atoms with Crippen molar-refractivity contribution < 1.29 is 4.79 Å². The van der Waals surface area contributed by atoms with E-state index in [2.05, 4.69) is 10.7 Å². The van der Waals surface area contributed by atoms with Crippen LogP contribution in [0.2, 0.25) is 0 Å².